The fourth-order valence-corrected chi connectivity index (χ4v) is 5.40. The maximum Gasteiger partial charge on any atom is 0.336 e. The number of nitrogens with zero attached hydrogens (tertiary/aromatic N) is 2. The third-order valence-electron chi connectivity index (χ3n) is 8.42. The highest BCUT2D eigenvalue weighted by atomic mass is 16.5. The van der Waals surface area contributed by atoms with Crippen LogP contribution >= 0.6 is 0 Å². The van der Waals surface area contributed by atoms with E-state index in [1.165, 1.54) is 0 Å². The Bertz CT molecular complexity index is 1800. The molecule has 4 rings (SSSR count). The Morgan fingerprint density at radius 2 is 1.72 bits per heavy atom. The summed E-state index contributed by atoms with van der Waals surface area (Å²) in [4.78, 5) is 39.9. The first-order chi connectivity index (χ1) is 21.7. The van der Waals surface area contributed by atoms with Crippen molar-refractivity contribution in [3.8, 4) is 22.5 Å². The molecule has 0 aromatic heterocycles. The second kappa shape index (κ2) is 14.3. The number of hydrogen-bond acceptors (Lipinski definition) is 6. The van der Waals surface area contributed by atoms with Crippen LogP contribution in [-0.2, 0) is 19.7 Å². The van der Waals surface area contributed by atoms with Gasteiger partial charge in [0.25, 0.3) is 0 Å². The van der Waals surface area contributed by atoms with Gasteiger partial charge in [-0.2, -0.15) is 0 Å². The van der Waals surface area contributed by atoms with Crippen LogP contribution in [0.1, 0.15) is 56.5 Å². The second-order valence-electron chi connectivity index (χ2n) is 12.9. The highest BCUT2D eigenvalue weighted by Crippen LogP contribution is 2.43. The van der Waals surface area contributed by atoms with Gasteiger partial charge >= 0.3 is 5.97 Å². The van der Waals surface area contributed by atoms with Crippen LogP contribution in [0.3, 0.4) is 0 Å². The molecule has 1 amide bonds. The van der Waals surface area contributed by atoms with Gasteiger partial charge < -0.3 is 24.5 Å². The largest absolute Gasteiger partial charge is 0.478 e. The summed E-state index contributed by atoms with van der Waals surface area (Å²) in [5.74, 6) is -0.487. The zero-order valence-corrected chi connectivity index (χ0v) is 28.2. The number of aromatic carboxylic acids is 1. The van der Waals surface area contributed by atoms with Gasteiger partial charge in [0, 0.05) is 79.3 Å². The number of hydrogen-bond donors (Lipinski definition) is 2. The molecule has 0 atom stereocenters. The number of fused-ring (bicyclic) bond motifs is 2. The number of ether oxygens (including phenoxy) is 1. The van der Waals surface area contributed by atoms with E-state index < -0.39 is 11.4 Å². The number of nitrogens with one attached hydrogen (secondary N) is 1. The van der Waals surface area contributed by atoms with Gasteiger partial charge in [0.2, 0.25) is 11.3 Å². The number of carbonyl (C=O) groups excluding carboxylic acids is 2. The van der Waals surface area contributed by atoms with Crippen LogP contribution in [0.25, 0.3) is 33.4 Å². The summed E-state index contributed by atoms with van der Waals surface area (Å²) in [7, 11) is 7.82. The van der Waals surface area contributed by atoms with Crippen LogP contribution in [0.4, 0.5) is 5.69 Å². The lowest BCUT2D eigenvalue weighted by molar-refractivity contribution is -0.124. The highest BCUT2D eigenvalue weighted by Gasteiger charge is 2.31. The summed E-state index contributed by atoms with van der Waals surface area (Å²) in [6.45, 7) is 8.64. The summed E-state index contributed by atoms with van der Waals surface area (Å²) in [5.41, 5.74) is 3.63. The first kappa shape index (κ1) is 34.4. The fraction of sp³-hybridized carbons (Fsp3) is 0.405. The van der Waals surface area contributed by atoms with Gasteiger partial charge in [-0.15, -0.1) is 0 Å². The molecule has 244 valence electrons. The summed E-state index contributed by atoms with van der Waals surface area (Å²) in [5, 5.41) is 14.9. The molecule has 2 aliphatic rings. The van der Waals surface area contributed by atoms with Crippen LogP contribution in [-0.4, -0.2) is 70.7 Å². The molecule has 9 heteroatoms. The van der Waals surface area contributed by atoms with Gasteiger partial charge in [-0.3, -0.25) is 9.59 Å². The first-order valence-electron chi connectivity index (χ1n) is 15.7. The van der Waals surface area contributed by atoms with E-state index in [9.17, 15) is 19.5 Å². The van der Waals surface area contributed by atoms with Crippen LogP contribution in [0.2, 0.25) is 0 Å². The number of carboxylic acids is 1. The highest BCUT2D eigenvalue weighted by molar-refractivity contribution is 6.08. The lowest BCUT2D eigenvalue weighted by Gasteiger charge is -2.26. The second-order valence-corrected chi connectivity index (χ2v) is 12.9. The average Bonchev–Trinajstić information content (AvgIpc) is 3.01. The number of ketones is 1. The third kappa shape index (κ3) is 7.48. The van der Waals surface area contributed by atoms with Crippen LogP contribution < -0.4 is 20.1 Å². The molecule has 0 fully saturated rings. The van der Waals surface area contributed by atoms with Gasteiger partial charge in [-0.05, 0) is 61.7 Å². The Balaban J connectivity index is 1.72. The SMILES string of the molecule is CC(C)C(=O)NCCOCCCC(=O)C(C)(C)c1ccc(C(=O)O)c(-c2c3ccc(=[N+](C)C)cc-3oc3cc(N(C)C)ccc23)c1. The smallest absolute Gasteiger partial charge is 0.336 e. The van der Waals surface area contributed by atoms with E-state index in [-0.39, 0.29) is 23.2 Å². The van der Waals surface area contributed by atoms with Crippen molar-refractivity contribution >= 4 is 34.3 Å². The molecule has 0 bridgehead atoms. The molecule has 9 nitrogen and oxygen atoms in total. The molecule has 0 unspecified atom stereocenters. The number of rotatable bonds is 13. The van der Waals surface area contributed by atoms with Crippen molar-refractivity contribution < 1.29 is 28.6 Å². The zero-order chi connectivity index (χ0) is 33.8. The molecule has 46 heavy (non-hydrogen) atoms. The van der Waals surface area contributed by atoms with E-state index in [1.807, 2.05) is 108 Å². The predicted octanol–water partition coefficient (Wildman–Crippen LogP) is 5.42. The van der Waals surface area contributed by atoms with Crippen LogP contribution in [0, 0.1) is 5.92 Å². The minimum Gasteiger partial charge on any atom is -0.478 e. The average molecular weight is 629 g/mol. The molecule has 0 spiro atoms. The van der Waals surface area contributed by atoms with Crippen molar-refractivity contribution in [2.24, 2.45) is 5.92 Å². The molecule has 0 radical (unpaired) electrons. The van der Waals surface area contributed by atoms with E-state index in [2.05, 4.69) is 5.32 Å². The van der Waals surface area contributed by atoms with Crippen molar-refractivity contribution in [1.29, 1.82) is 0 Å². The number of benzene rings is 3. The monoisotopic (exact) mass is 628 g/mol. The lowest BCUT2D eigenvalue weighted by Crippen LogP contribution is -2.31. The maximum absolute atomic E-state index is 13.6. The molecular formula is C37H46N3O6+. The number of amides is 1. The fourth-order valence-electron chi connectivity index (χ4n) is 5.40. The maximum atomic E-state index is 13.6. The molecule has 2 aromatic rings. The first-order valence-corrected chi connectivity index (χ1v) is 15.7. The minimum atomic E-state index is -1.05. The van der Waals surface area contributed by atoms with Gasteiger partial charge in [0.1, 0.15) is 31.2 Å². The van der Waals surface area contributed by atoms with E-state index in [4.69, 9.17) is 9.15 Å². The zero-order valence-electron chi connectivity index (χ0n) is 28.2. The van der Waals surface area contributed by atoms with E-state index in [0.29, 0.717) is 49.5 Å². The molecule has 0 saturated carbocycles. The Kier molecular flexibility index (Phi) is 10.7. The van der Waals surface area contributed by atoms with Gasteiger partial charge in [0.05, 0.1) is 18.2 Å². The number of Topliss-reactive ketones (excluding diaryl/α,β-unsaturated/α-hetero) is 1. The lowest BCUT2D eigenvalue weighted by atomic mass is 9.77. The summed E-state index contributed by atoms with van der Waals surface area (Å²) in [6, 6.07) is 17.0. The van der Waals surface area contributed by atoms with Gasteiger partial charge in [-0.1, -0.05) is 19.9 Å². The summed E-state index contributed by atoms with van der Waals surface area (Å²) in [6.07, 6.45) is 0.844. The van der Waals surface area contributed by atoms with E-state index in [0.717, 1.165) is 33.1 Å². The molecule has 0 saturated heterocycles. The molecule has 2 aromatic carbocycles. The Hall–Kier alpha value is -4.50. The molecule has 2 N–H and O–H groups in total. The Labute approximate surface area is 270 Å². The topological polar surface area (TPSA) is 112 Å². The van der Waals surface area contributed by atoms with Gasteiger partial charge in [0.15, 0.2) is 0 Å². The number of anilines is 1. The van der Waals surface area contributed by atoms with Crippen molar-refractivity contribution in [3.63, 3.8) is 0 Å². The Morgan fingerprint density at radius 1 is 0.978 bits per heavy atom. The summed E-state index contributed by atoms with van der Waals surface area (Å²) < 4.78 is 14.1. The molecular weight excluding hydrogens is 582 g/mol. The van der Waals surface area contributed by atoms with Crippen molar-refractivity contribution in [2.75, 3.05) is 52.8 Å². The molecule has 1 heterocycles. The van der Waals surface area contributed by atoms with Gasteiger partial charge in [-0.25, -0.2) is 9.37 Å². The quantitative estimate of drug-likeness (QED) is 0.116. The van der Waals surface area contributed by atoms with E-state index >= 15 is 0 Å². The molecule has 1 aliphatic heterocycles. The van der Waals surface area contributed by atoms with Crippen molar-refractivity contribution in [2.45, 2.75) is 46.0 Å². The third-order valence-corrected chi connectivity index (χ3v) is 8.42. The van der Waals surface area contributed by atoms with Crippen molar-refractivity contribution in [3.05, 3.63) is 71.1 Å². The number of carboxylic acid groups (broad SMARTS) is 1. The number of carbonyl (C=O) groups is 3. The van der Waals surface area contributed by atoms with Crippen molar-refractivity contribution in [1.82, 2.24) is 9.89 Å². The predicted molar refractivity (Wildman–Crippen MR) is 183 cm³/mol. The van der Waals surface area contributed by atoms with Crippen LogP contribution in [0.5, 0.6) is 0 Å². The summed E-state index contributed by atoms with van der Waals surface area (Å²) >= 11 is 0. The van der Waals surface area contributed by atoms with Crippen LogP contribution in [0.15, 0.2) is 59.0 Å². The Morgan fingerprint density at radius 3 is 2.37 bits per heavy atom. The molecule has 1 aliphatic carbocycles. The van der Waals surface area contributed by atoms with E-state index in [1.54, 1.807) is 12.1 Å². The minimum absolute atomic E-state index is 0.0173. The standard InChI is InChI=1S/C37H45N3O6/c1-23(2)35(42)38-17-19-45-18-9-10-33(41)37(3,4)24-11-14-27(36(43)44)30(20-24)34-28-15-12-25(39(5)6)21-31(28)46-32-22-26(40(7)8)13-16-29(32)34/h11-16,20-23H,9-10,17-19H2,1-8H3,(H-,38,42,43,44)/p+1. The normalized spacial score (nSPS) is 11.7.